The summed E-state index contributed by atoms with van der Waals surface area (Å²) in [6.45, 7) is 4.89. The molecule has 0 fully saturated rings. The minimum atomic E-state index is -4.33. The van der Waals surface area contributed by atoms with Crippen LogP contribution in [0.5, 0.6) is 0 Å². The Hall–Kier alpha value is -1.28. The normalized spacial score (nSPS) is 14.0. The lowest BCUT2D eigenvalue weighted by molar-refractivity contribution is -0.870. The first-order valence-electron chi connectivity index (χ1n) is 31.9. The van der Waals surface area contributed by atoms with E-state index in [-0.39, 0.29) is 19.1 Å². The van der Waals surface area contributed by atoms with Crippen LogP contribution in [0.15, 0.2) is 36.5 Å². The van der Waals surface area contributed by atoms with E-state index < -0.39 is 20.0 Å². The van der Waals surface area contributed by atoms with Gasteiger partial charge in [-0.05, 0) is 51.4 Å². The topological polar surface area (TPSA) is 105 Å². The van der Waals surface area contributed by atoms with E-state index in [0.717, 1.165) is 64.2 Å². The number of aliphatic hydroxyl groups excluding tert-OH is 1. The van der Waals surface area contributed by atoms with E-state index in [2.05, 4.69) is 55.6 Å². The third-order valence-corrected chi connectivity index (χ3v) is 15.6. The lowest BCUT2D eigenvalue weighted by Gasteiger charge is -2.26. The number of carbonyl (C=O) groups is 1. The van der Waals surface area contributed by atoms with Crippen LogP contribution in [0.1, 0.15) is 316 Å². The highest BCUT2D eigenvalue weighted by Gasteiger charge is 2.28. The SMILES string of the molecule is CCCCC/C=C\C/C=C\C/C=C\CCCCCCCCC(=O)NC(COP(=O)(O)OCC[N+](C)(C)C)C(O)CCCCCCCCCCCCCCCCCCCCCCCCCCCCCCCCCC. The molecule has 0 rings (SSSR count). The van der Waals surface area contributed by atoms with Crippen molar-refractivity contribution in [3.63, 3.8) is 0 Å². The molecule has 1 amide bonds. The smallest absolute Gasteiger partial charge is 0.391 e. The van der Waals surface area contributed by atoms with Crippen molar-refractivity contribution in [1.82, 2.24) is 5.32 Å². The van der Waals surface area contributed by atoms with Crippen LogP contribution >= 0.6 is 7.82 Å². The van der Waals surface area contributed by atoms with Gasteiger partial charge in [-0.2, -0.15) is 0 Å². The Balaban J connectivity index is 4.04. The van der Waals surface area contributed by atoms with Gasteiger partial charge in [0.05, 0.1) is 39.9 Å². The molecule has 9 heteroatoms. The van der Waals surface area contributed by atoms with Crippen molar-refractivity contribution in [2.24, 2.45) is 0 Å². The van der Waals surface area contributed by atoms with Gasteiger partial charge in [-0.3, -0.25) is 13.8 Å². The quantitative estimate of drug-likeness (QED) is 0.0243. The Morgan fingerprint density at radius 1 is 0.466 bits per heavy atom. The van der Waals surface area contributed by atoms with Crippen LogP contribution in [0.3, 0.4) is 0 Å². The maximum atomic E-state index is 13.0. The number of nitrogens with zero attached hydrogens (tertiary/aromatic N) is 1. The van der Waals surface area contributed by atoms with Gasteiger partial charge >= 0.3 is 7.82 Å². The van der Waals surface area contributed by atoms with Gasteiger partial charge in [0.15, 0.2) is 0 Å². The van der Waals surface area contributed by atoms with Gasteiger partial charge in [-0.25, -0.2) is 4.57 Å². The average Bonchev–Trinajstić information content (AvgIpc) is 3.35. The van der Waals surface area contributed by atoms with Crippen LogP contribution in [0.4, 0.5) is 0 Å². The molecule has 0 spiro atoms. The fraction of sp³-hybridized carbons (Fsp3) is 0.891. The molecule has 0 heterocycles. The first-order valence-corrected chi connectivity index (χ1v) is 33.3. The van der Waals surface area contributed by atoms with Crippen LogP contribution in [-0.2, 0) is 18.4 Å². The van der Waals surface area contributed by atoms with E-state index in [1.807, 2.05) is 21.1 Å². The molecule has 0 aliphatic heterocycles. The van der Waals surface area contributed by atoms with E-state index in [1.165, 1.54) is 225 Å². The maximum Gasteiger partial charge on any atom is 0.472 e. The number of allylic oxidation sites excluding steroid dienone is 6. The largest absolute Gasteiger partial charge is 0.472 e. The average molecular weight is 1050 g/mol. The van der Waals surface area contributed by atoms with E-state index in [9.17, 15) is 19.4 Å². The number of quaternary nitrogens is 1. The molecule has 73 heavy (non-hydrogen) atoms. The summed E-state index contributed by atoms with van der Waals surface area (Å²) in [5.41, 5.74) is 0. The Kier molecular flexibility index (Phi) is 54.5. The lowest BCUT2D eigenvalue weighted by atomic mass is 10.0. The minimum Gasteiger partial charge on any atom is -0.391 e. The Bertz CT molecular complexity index is 1280. The predicted molar refractivity (Wildman–Crippen MR) is 318 cm³/mol. The molecule has 0 aromatic rings. The van der Waals surface area contributed by atoms with Gasteiger partial charge in [-0.15, -0.1) is 0 Å². The van der Waals surface area contributed by atoms with Crippen molar-refractivity contribution < 1.29 is 32.9 Å². The summed E-state index contributed by atoms with van der Waals surface area (Å²) in [6, 6.07) is -0.769. The molecule has 0 bridgehead atoms. The molecule has 0 aromatic heterocycles. The summed E-state index contributed by atoms with van der Waals surface area (Å²) in [5, 5.41) is 14.1. The molecule has 3 N–H and O–H groups in total. The second kappa shape index (κ2) is 55.5. The standard InChI is InChI=1S/C64H125N2O6P/c1-6-8-10-12-14-16-18-20-22-24-26-27-28-29-30-31-32-33-34-35-36-37-38-40-41-43-45-47-49-51-53-55-57-63(67)62(61-72-73(69,70)71-60-59-66(3,4)5)65-64(68)58-56-54-52-50-48-46-44-42-39-25-23-21-19-17-15-13-11-9-7-2/h15,17,21,23,39,42,62-63,67H,6-14,16,18-20,22,24-38,40-41,43-61H2,1-5H3,(H-,65,68,69,70)/p+1/b17-15-,23-21-,42-39-. The molecule has 0 saturated heterocycles. The molecule has 0 radical (unpaired) electrons. The van der Waals surface area contributed by atoms with Crippen molar-refractivity contribution in [2.45, 2.75) is 328 Å². The molecule has 3 unspecified atom stereocenters. The molecule has 432 valence electrons. The van der Waals surface area contributed by atoms with E-state index >= 15 is 0 Å². The van der Waals surface area contributed by atoms with Gasteiger partial charge in [0.1, 0.15) is 13.2 Å². The van der Waals surface area contributed by atoms with Gasteiger partial charge in [0, 0.05) is 6.42 Å². The van der Waals surface area contributed by atoms with Crippen LogP contribution in [-0.4, -0.2) is 73.4 Å². The number of unbranched alkanes of at least 4 members (excludes halogenated alkanes) is 40. The summed E-state index contributed by atoms with van der Waals surface area (Å²) in [4.78, 5) is 23.4. The van der Waals surface area contributed by atoms with E-state index in [4.69, 9.17) is 9.05 Å². The van der Waals surface area contributed by atoms with Crippen molar-refractivity contribution in [3.8, 4) is 0 Å². The lowest BCUT2D eigenvalue weighted by Crippen LogP contribution is -2.46. The number of phosphoric ester groups is 1. The highest BCUT2D eigenvalue weighted by atomic mass is 31.2. The molecule has 0 aromatic carbocycles. The Morgan fingerprint density at radius 3 is 1.16 bits per heavy atom. The number of amides is 1. The third kappa shape index (κ3) is 58.2. The summed E-state index contributed by atoms with van der Waals surface area (Å²) < 4.78 is 23.8. The van der Waals surface area contributed by atoms with Crippen LogP contribution in [0.25, 0.3) is 0 Å². The Labute approximate surface area is 455 Å². The minimum absolute atomic E-state index is 0.0719. The van der Waals surface area contributed by atoms with E-state index in [0.29, 0.717) is 23.9 Å². The van der Waals surface area contributed by atoms with Gasteiger partial charge < -0.3 is 19.8 Å². The van der Waals surface area contributed by atoms with E-state index in [1.54, 1.807) is 0 Å². The Morgan fingerprint density at radius 2 is 0.781 bits per heavy atom. The summed E-state index contributed by atoms with van der Waals surface area (Å²) >= 11 is 0. The molecule has 0 saturated carbocycles. The second-order valence-corrected chi connectivity index (χ2v) is 24.6. The molecule has 8 nitrogen and oxygen atoms in total. The number of hydrogen-bond donors (Lipinski definition) is 3. The first-order chi connectivity index (χ1) is 35.5. The maximum absolute atomic E-state index is 13.0. The first kappa shape index (κ1) is 71.7. The third-order valence-electron chi connectivity index (χ3n) is 14.6. The number of rotatable bonds is 59. The van der Waals surface area contributed by atoms with Gasteiger partial charge in [0.25, 0.3) is 0 Å². The number of aliphatic hydroxyl groups is 1. The molecule has 3 atom stereocenters. The number of likely N-dealkylation sites (N-methyl/N-ethyl adjacent to an activating group) is 1. The van der Waals surface area contributed by atoms with Gasteiger partial charge in [-0.1, -0.05) is 294 Å². The number of hydrogen-bond acceptors (Lipinski definition) is 5. The number of carbonyl (C=O) groups excluding carboxylic acids is 1. The summed E-state index contributed by atoms with van der Waals surface area (Å²) in [7, 11) is 1.61. The fourth-order valence-electron chi connectivity index (χ4n) is 9.65. The molecule has 0 aliphatic carbocycles. The highest BCUT2D eigenvalue weighted by molar-refractivity contribution is 7.47. The van der Waals surface area contributed by atoms with Crippen molar-refractivity contribution in [2.75, 3.05) is 40.9 Å². The molecular weight excluding hydrogens is 924 g/mol. The van der Waals surface area contributed by atoms with Crippen molar-refractivity contribution in [1.29, 1.82) is 0 Å². The zero-order valence-corrected chi connectivity index (χ0v) is 50.3. The van der Waals surface area contributed by atoms with Gasteiger partial charge in [0.2, 0.25) is 5.91 Å². The fourth-order valence-corrected chi connectivity index (χ4v) is 10.4. The number of nitrogens with one attached hydrogen (secondary N) is 1. The highest BCUT2D eigenvalue weighted by Crippen LogP contribution is 2.43. The van der Waals surface area contributed by atoms with Crippen LogP contribution < -0.4 is 5.32 Å². The number of phosphoric acid groups is 1. The predicted octanol–water partition coefficient (Wildman–Crippen LogP) is 19.7. The molecule has 0 aliphatic rings. The zero-order valence-electron chi connectivity index (χ0n) is 49.4. The van der Waals surface area contributed by atoms with Crippen LogP contribution in [0.2, 0.25) is 0 Å². The summed E-state index contributed by atoms with van der Waals surface area (Å²) in [5.74, 6) is -0.153. The second-order valence-electron chi connectivity index (χ2n) is 23.1. The monoisotopic (exact) mass is 1050 g/mol. The van der Waals surface area contributed by atoms with Crippen LogP contribution in [0, 0.1) is 0 Å². The van der Waals surface area contributed by atoms with Crippen molar-refractivity contribution in [3.05, 3.63) is 36.5 Å². The molecular formula is C64H126N2O6P+. The zero-order chi connectivity index (χ0) is 53.5. The summed E-state index contributed by atoms with van der Waals surface area (Å²) in [6.07, 6.45) is 72.3. The van der Waals surface area contributed by atoms with Crippen molar-refractivity contribution >= 4 is 13.7 Å².